The van der Waals surface area contributed by atoms with E-state index in [2.05, 4.69) is 0 Å². The van der Waals surface area contributed by atoms with E-state index >= 15 is 0 Å². The second-order valence-electron chi connectivity index (χ2n) is 4.99. The van der Waals surface area contributed by atoms with Crippen LogP contribution in [0.4, 0.5) is 4.39 Å². The molecule has 1 amide bonds. The number of hydrogen-bond acceptors (Lipinski definition) is 4. The molecule has 1 aromatic rings. The largest absolute Gasteiger partial charge is 0.466 e. The van der Waals surface area contributed by atoms with Gasteiger partial charge in [0, 0.05) is 26.3 Å². The van der Waals surface area contributed by atoms with Gasteiger partial charge in [-0.3, -0.25) is 9.59 Å². The molecule has 7 heteroatoms. The first-order chi connectivity index (χ1) is 11.5. The van der Waals surface area contributed by atoms with E-state index in [-0.39, 0.29) is 30.2 Å². The highest BCUT2D eigenvalue weighted by atomic mass is 35.5. The van der Waals surface area contributed by atoms with Gasteiger partial charge in [0.25, 0.3) is 5.91 Å². The van der Waals surface area contributed by atoms with Crippen LogP contribution in [0.5, 0.6) is 0 Å². The molecule has 0 heterocycles. The van der Waals surface area contributed by atoms with Gasteiger partial charge in [-0.05, 0) is 32.4 Å². The summed E-state index contributed by atoms with van der Waals surface area (Å²) in [7, 11) is 0. The number of benzene rings is 1. The first-order valence-corrected chi connectivity index (χ1v) is 8.35. The van der Waals surface area contributed by atoms with Crippen LogP contribution >= 0.6 is 11.6 Å². The van der Waals surface area contributed by atoms with E-state index in [1.54, 1.807) is 6.92 Å². The average molecular weight is 360 g/mol. The van der Waals surface area contributed by atoms with Crippen molar-refractivity contribution in [2.24, 2.45) is 0 Å². The molecule has 0 fully saturated rings. The van der Waals surface area contributed by atoms with Crippen LogP contribution in [0.15, 0.2) is 18.2 Å². The van der Waals surface area contributed by atoms with Crippen molar-refractivity contribution in [1.29, 1.82) is 0 Å². The van der Waals surface area contributed by atoms with Crippen molar-refractivity contribution in [1.82, 2.24) is 4.90 Å². The number of esters is 1. The smallest absolute Gasteiger partial charge is 0.307 e. The Morgan fingerprint density at radius 2 is 1.96 bits per heavy atom. The fourth-order valence-corrected chi connectivity index (χ4v) is 2.38. The lowest BCUT2D eigenvalue weighted by atomic mass is 10.1. The molecule has 0 saturated carbocycles. The first kappa shape index (κ1) is 20.4. The van der Waals surface area contributed by atoms with Gasteiger partial charge in [-0.1, -0.05) is 17.7 Å². The second kappa shape index (κ2) is 11.0. The maximum atomic E-state index is 14.0. The Kier molecular flexibility index (Phi) is 9.34. The van der Waals surface area contributed by atoms with Crippen LogP contribution in [0.25, 0.3) is 0 Å². The Labute approximate surface area is 146 Å². The van der Waals surface area contributed by atoms with Gasteiger partial charge in [-0.2, -0.15) is 0 Å². The lowest BCUT2D eigenvalue weighted by Crippen LogP contribution is -2.35. The Hall–Kier alpha value is -1.66. The number of ether oxygens (including phenoxy) is 2. The quantitative estimate of drug-likeness (QED) is 0.475. The molecular formula is C17H23ClFNO4. The van der Waals surface area contributed by atoms with Crippen LogP contribution in [0.3, 0.4) is 0 Å². The minimum atomic E-state index is -0.682. The molecule has 0 unspecified atom stereocenters. The third-order valence-electron chi connectivity index (χ3n) is 3.28. The molecule has 24 heavy (non-hydrogen) atoms. The molecule has 134 valence electrons. The molecule has 0 aromatic heterocycles. The van der Waals surface area contributed by atoms with Crippen molar-refractivity contribution in [3.63, 3.8) is 0 Å². The Bertz CT molecular complexity index is 533. The molecule has 0 atom stereocenters. The molecule has 1 aromatic carbocycles. The third kappa shape index (κ3) is 6.45. The summed E-state index contributed by atoms with van der Waals surface area (Å²) in [6.45, 7) is 5.39. The van der Waals surface area contributed by atoms with Gasteiger partial charge in [-0.25, -0.2) is 4.39 Å². The monoisotopic (exact) mass is 359 g/mol. The van der Waals surface area contributed by atoms with E-state index in [1.165, 1.54) is 23.1 Å². The number of hydrogen-bond donors (Lipinski definition) is 0. The van der Waals surface area contributed by atoms with Crippen LogP contribution in [0, 0.1) is 5.82 Å². The zero-order valence-electron chi connectivity index (χ0n) is 14.0. The maximum Gasteiger partial charge on any atom is 0.307 e. The SMILES string of the molecule is CCOCCCN(CCC(=O)OCC)C(=O)c1c(F)cccc1Cl. The molecule has 0 spiro atoms. The molecule has 0 aliphatic rings. The predicted molar refractivity (Wildman–Crippen MR) is 89.7 cm³/mol. The fraction of sp³-hybridized carbons (Fsp3) is 0.529. The van der Waals surface area contributed by atoms with Crippen molar-refractivity contribution in [2.75, 3.05) is 32.9 Å². The van der Waals surface area contributed by atoms with Crippen molar-refractivity contribution >= 4 is 23.5 Å². The summed E-state index contributed by atoms with van der Waals surface area (Å²) < 4.78 is 24.1. The molecular weight excluding hydrogens is 337 g/mol. The topological polar surface area (TPSA) is 55.8 Å². The van der Waals surface area contributed by atoms with Gasteiger partial charge in [-0.15, -0.1) is 0 Å². The maximum absolute atomic E-state index is 14.0. The highest BCUT2D eigenvalue weighted by Gasteiger charge is 2.22. The minimum Gasteiger partial charge on any atom is -0.466 e. The molecule has 0 bridgehead atoms. The zero-order chi connectivity index (χ0) is 17.9. The summed E-state index contributed by atoms with van der Waals surface area (Å²) >= 11 is 5.96. The number of nitrogens with zero attached hydrogens (tertiary/aromatic N) is 1. The Morgan fingerprint density at radius 3 is 2.58 bits per heavy atom. The van der Waals surface area contributed by atoms with E-state index in [9.17, 15) is 14.0 Å². The molecule has 0 radical (unpaired) electrons. The lowest BCUT2D eigenvalue weighted by molar-refractivity contribution is -0.143. The zero-order valence-corrected chi connectivity index (χ0v) is 14.8. The van der Waals surface area contributed by atoms with Crippen molar-refractivity contribution in [2.45, 2.75) is 26.7 Å². The summed E-state index contributed by atoms with van der Waals surface area (Å²) in [5, 5.41) is 0.0472. The number of halogens is 2. The number of amides is 1. The van der Waals surface area contributed by atoms with Crippen molar-refractivity contribution in [3.8, 4) is 0 Å². The van der Waals surface area contributed by atoms with Crippen LogP contribution in [-0.2, 0) is 14.3 Å². The summed E-state index contributed by atoms with van der Waals surface area (Å²) in [5.74, 6) is -1.63. The van der Waals surface area contributed by atoms with E-state index in [4.69, 9.17) is 21.1 Å². The van der Waals surface area contributed by atoms with Crippen LogP contribution in [0.2, 0.25) is 5.02 Å². The van der Waals surface area contributed by atoms with Crippen molar-refractivity contribution < 1.29 is 23.5 Å². The number of carbonyl (C=O) groups excluding carboxylic acids is 2. The minimum absolute atomic E-state index is 0.0420. The van der Waals surface area contributed by atoms with Gasteiger partial charge in [0.15, 0.2) is 0 Å². The number of carbonyl (C=O) groups is 2. The lowest BCUT2D eigenvalue weighted by Gasteiger charge is -2.23. The van der Waals surface area contributed by atoms with E-state index in [0.29, 0.717) is 26.2 Å². The van der Waals surface area contributed by atoms with E-state index < -0.39 is 17.7 Å². The number of rotatable bonds is 10. The molecule has 0 N–H and O–H groups in total. The standard InChI is InChI=1S/C17H23ClFNO4/c1-3-23-12-6-10-20(11-9-15(21)24-4-2)17(22)16-13(18)7-5-8-14(16)19/h5,7-8H,3-4,6,9-12H2,1-2H3. The third-order valence-corrected chi connectivity index (χ3v) is 3.59. The molecule has 5 nitrogen and oxygen atoms in total. The molecule has 0 aliphatic carbocycles. The first-order valence-electron chi connectivity index (χ1n) is 7.97. The van der Waals surface area contributed by atoms with Gasteiger partial charge in [0.2, 0.25) is 0 Å². The predicted octanol–water partition coefficient (Wildman–Crippen LogP) is 3.30. The highest BCUT2D eigenvalue weighted by molar-refractivity contribution is 6.33. The van der Waals surface area contributed by atoms with Crippen molar-refractivity contribution in [3.05, 3.63) is 34.6 Å². The Balaban J connectivity index is 2.81. The second-order valence-corrected chi connectivity index (χ2v) is 5.40. The Morgan fingerprint density at radius 1 is 1.21 bits per heavy atom. The molecule has 0 aliphatic heterocycles. The normalized spacial score (nSPS) is 10.5. The molecule has 1 rings (SSSR count). The van der Waals surface area contributed by atoms with Crippen LogP contribution < -0.4 is 0 Å². The van der Waals surface area contributed by atoms with E-state index in [0.717, 1.165) is 0 Å². The van der Waals surface area contributed by atoms with Crippen LogP contribution in [-0.4, -0.2) is 49.7 Å². The highest BCUT2D eigenvalue weighted by Crippen LogP contribution is 2.21. The van der Waals surface area contributed by atoms with Gasteiger partial charge in [0.1, 0.15) is 5.82 Å². The van der Waals surface area contributed by atoms with E-state index in [1.807, 2.05) is 6.92 Å². The average Bonchev–Trinajstić information content (AvgIpc) is 2.54. The summed E-state index contributed by atoms with van der Waals surface area (Å²) in [5.41, 5.74) is -0.181. The van der Waals surface area contributed by atoms with Gasteiger partial charge in [0.05, 0.1) is 23.6 Å². The summed E-state index contributed by atoms with van der Waals surface area (Å²) in [6, 6.07) is 4.08. The summed E-state index contributed by atoms with van der Waals surface area (Å²) in [6.07, 6.45) is 0.620. The van der Waals surface area contributed by atoms with Gasteiger partial charge >= 0.3 is 5.97 Å². The molecule has 0 saturated heterocycles. The summed E-state index contributed by atoms with van der Waals surface area (Å²) in [4.78, 5) is 25.6. The fourth-order valence-electron chi connectivity index (χ4n) is 2.14. The van der Waals surface area contributed by atoms with Crippen LogP contribution in [0.1, 0.15) is 37.0 Å². The van der Waals surface area contributed by atoms with Gasteiger partial charge < -0.3 is 14.4 Å².